The van der Waals surface area contributed by atoms with E-state index >= 15 is 0 Å². The number of nitrogens with one attached hydrogen (secondary N) is 2. The van der Waals surface area contributed by atoms with Crippen LogP contribution in [0, 0.1) is 5.92 Å². The zero-order valence-electron chi connectivity index (χ0n) is 11.0. The van der Waals surface area contributed by atoms with Gasteiger partial charge in [0.05, 0.1) is 6.04 Å². The van der Waals surface area contributed by atoms with E-state index in [4.69, 9.17) is 10.8 Å². The average Bonchev–Trinajstić information content (AvgIpc) is 2.33. The molecule has 0 spiro atoms. The summed E-state index contributed by atoms with van der Waals surface area (Å²) < 4.78 is 0. The molecule has 0 bridgehead atoms. The summed E-state index contributed by atoms with van der Waals surface area (Å²) >= 11 is 0. The Morgan fingerprint density at radius 2 is 2.16 bits per heavy atom. The molecule has 2 unspecified atom stereocenters. The molecule has 5 N–H and O–H groups in total. The molecule has 1 fully saturated rings. The van der Waals surface area contributed by atoms with Gasteiger partial charge in [0, 0.05) is 6.42 Å². The molecule has 108 valence electrons. The highest BCUT2D eigenvalue weighted by atomic mass is 16.4. The molecule has 3 atom stereocenters. The number of aliphatic carboxylic acids is 1. The Labute approximate surface area is 111 Å². The summed E-state index contributed by atoms with van der Waals surface area (Å²) in [4.78, 5) is 33.6. The van der Waals surface area contributed by atoms with Crippen molar-refractivity contribution in [3.8, 4) is 0 Å². The van der Waals surface area contributed by atoms with Crippen molar-refractivity contribution in [3.05, 3.63) is 0 Å². The van der Waals surface area contributed by atoms with Crippen LogP contribution < -0.4 is 16.4 Å². The molecule has 1 aliphatic heterocycles. The summed E-state index contributed by atoms with van der Waals surface area (Å²) in [6.45, 7) is 2.81. The van der Waals surface area contributed by atoms with E-state index in [1.807, 2.05) is 0 Å². The van der Waals surface area contributed by atoms with Crippen LogP contribution in [0.2, 0.25) is 0 Å². The molecule has 7 heteroatoms. The van der Waals surface area contributed by atoms with Gasteiger partial charge in [-0.25, -0.2) is 4.79 Å². The quantitative estimate of drug-likeness (QED) is 0.504. The van der Waals surface area contributed by atoms with Gasteiger partial charge in [-0.2, -0.15) is 0 Å². The van der Waals surface area contributed by atoms with Crippen molar-refractivity contribution in [2.75, 3.05) is 6.54 Å². The normalized spacial score (nSPS) is 24.5. The number of carbonyl (C=O) groups is 3. The Hall–Kier alpha value is -1.63. The molecule has 0 aromatic rings. The van der Waals surface area contributed by atoms with E-state index in [1.54, 1.807) is 0 Å². The Bertz CT molecular complexity index is 359. The molecule has 19 heavy (non-hydrogen) atoms. The van der Waals surface area contributed by atoms with Crippen molar-refractivity contribution in [2.24, 2.45) is 11.7 Å². The van der Waals surface area contributed by atoms with Gasteiger partial charge in [-0.15, -0.1) is 0 Å². The Morgan fingerprint density at radius 1 is 1.47 bits per heavy atom. The number of rotatable bonds is 6. The molecule has 0 saturated carbocycles. The number of piperidine rings is 1. The van der Waals surface area contributed by atoms with Gasteiger partial charge >= 0.3 is 5.97 Å². The number of hydrogen-bond donors (Lipinski definition) is 4. The molecule has 1 saturated heterocycles. The summed E-state index contributed by atoms with van der Waals surface area (Å²) in [6.07, 6.45) is 1.65. The molecule has 0 radical (unpaired) electrons. The average molecular weight is 271 g/mol. The van der Waals surface area contributed by atoms with Crippen molar-refractivity contribution in [2.45, 2.75) is 44.7 Å². The lowest BCUT2D eigenvalue weighted by Crippen LogP contribution is -2.52. The van der Waals surface area contributed by atoms with Gasteiger partial charge in [0.1, 0.15) is 6.04 Å². The first kappa shape index (κ1) is 15.4. The van der Waals surface area contributed by atoms with E-state index in [9.17, 15) is 14.4 Å². The summed E-state index contributed by atoms with van der Waals surface area (Å²) in [7, 11) is 0. The molecule has 0 aliphatic carbocycles. The van der Waals surface area contributed by atoms with Gasteiger partial charge < -0.3 is 21.5 Å². The third kappa shape index (κ3) is 5.25. The number of carboxylic acids is 1. The lowest BCUT2D eigenvalue weighted by Gasteiger charge is -2.28. The highest BCUT2D eigenvalue weighted by Crippen LogP contribution is 2.15. The number of carboxylic acid groups (broad SMARTS) is 1. The number of hydrogen-bond acceptors (Lipinski definition) is 4. The minimum absolute atomic E-state index is 0.0126. The van der Waals surface area contributed by atoms with Crippen molar-refractivity contribution < 1.29 is 19.5 Å². The topological polar surface area (TPSA) is 122 Å². The van der Waals surface area contributed by atoms with Crippen LogP contribution in [-0.2, 0) is 14.4 Å². The van der Waals surface area contributed by atoms with Crippen LogP contribution in [0.15, 0.2) is 0 Å². The van der Waals surface area contributed by atoms with E-state index in [1.165, 1.54) is 0 Å². The molecular weight excluding hydrogens is 250 g/mol. The fourth-order valence-corrected chi connectivity index (χ4v) is 2.12. The summed E-state index contributed by atoms with van der Waals surface area (Å²) in [5, 5.41) is 14.5. The van der Waals surface area contributed by atoms with Gasteiger partial charge in [-0.3, -0.25) is 9.59 Å². The SMILES string of the molecule is CC1CCNC(C(=O)N[C@@H](CCC(N)=O)C(=O)O)C1. The van der Waals surface area contributed by atoms with Gasteiger partial charge in [-0.1, -0.05) is 6.92 Å². The third-order valence-electron chi connectivity index (χ3n) is 3.28. The highest BCUT2D eigenvalue weighted by molar-refractivity contribution is 5.87. The third-order valence-corrected chi connectivity index (χ3v) is 3.28. The molecule has 7 nitrogen and oxygen atoms in total. The van der Waals surface area contributed by atoms with Crippen molar-refractivity contribution in [3.63, 3.8) is 0 Å². The summed E-state index contributed by atoms with van der Waals surface area (Å²) in [6, 6.07) is -1.43. The lowest BCUT2D eigenvalue weighted by molar-refractivity contribution is -0.142. The zero-order valence-corrected chi connectivity index (χ0v) is 11.0. The largest absolute Gasteiger partial charge is 0.480 e. The highest BCUT2D eigenvalue weighted by Gasteiger charge is 2.28. The molecule has 0 aromatic heterocycles. The smallest absolute Gasteiger partial charge is 0.326 e. The first-order valence-corrected chi connectivity index (χ1v) is 6.45. The van der Waals surface area contributed by atoms with E-state index in [2.05, 4.69) is 17.6 Å². The van der Waals surface area contributed by atoms with Crippen LogP contribution in [0.4, 0.5) is 0 Å². The first-order valence-electron chi connectivity index (χ1n) is 6.45. The van der Waals surface area contributed by atoms with E-state index < -0.39 is 17.9 Å². The first-order chi connectivity index (χ1) is 8.90. The number of amides is 2. The number of nitrogens with two attached hydrogens (primary N) is 1. The maximum absolute atomic E-state index is 12.0. The number of carbonyl (C=O) groups excluding carboxylic acids is 2. The van der Waals surface area contributed by atoms with Crippen LogP contribution >= 0.6 is 0 Å². The fourth-order valence-electron chi connectivity index (χ4n) is 2.12. The summed E-state index contributed by atoms with van der Waals surface area (Å²) in [5.41, 5.74) is 4.98. The predicted molar refractivity (Wildman–Crippen MR) is 68.2 cm³/mol. The zero-order chi connectivity index (χ0) is 14.4. The van der Waals surface area contributed by atoms with E-state index in [-0.39, 0.29) is 24.8 Å². The van der Waals surface area contributed by atoms with Crippen molar-refractivity contribution in [1.82, 2.24) is 10.6 Å². The standard InChI is InChI=1S/C12H21N3O4/c1-7-4-5-14-9(6-7)11(17)15-8(12(18)19)2-3-10(13)16/h7-9,14H,2-6H2,1H3,(H2,13,16)(H,15,17)(H,18,19)/t7?,8-,9?/m0/s1. The Balaban J connectivity index is 2.50. The van der Waals surface area contributed by atoms with E-state index in [0.29, 0.717) is 12.3 Å². The van der Waals surface area contributed by atoms with Gasteiger partial charge in [0.25, 0.3) is 0 Å². The minimum Gasteiger partial charge on any atom is -0.480 e. The molecule has 1 rings (SSSR count). The second kappa shape index (κ2) is 7.08. The Kier molecular flexibility index (Phi) is 5.75. The van der Waals surface area contributed by atoms with Crippen molar-refractivity contribution in [1.29, 1.82) is 0 Å². The van der Waals surface area contributed by atoms with E-state index in [0.717, 1.165) is 13.0 Å². The second-order valence-electron chi connectivity index (χ2n) is 5.04. The molecule has 1 heterocycles. The Morgan fingerprint density at radius 3 is 2.68 bits per heavy atom. The van der Waals surface area contributed by atoms with Gasteiger partial charge in [0.15, 0.2) is 0 Å². The van der Waals surface area contributed by atoms with Gasteiger partial charge in [0.2, 0.25) is 11.8 Å². The van der Waals surface area contributed by atoms with Crippen molar-refractivity contribution >= 4 is 17.8 Å². The minimum atomic E-state index is -1.15. The van der Waals surface area contributed by atoms with Crippen LogP contribution in [0.1, 0.15) is 32.6 Å². The molecule has 1 aliphatic rings. The molecule has 2 amide bonds. The van der Waals surface area contributed by atoms with Crippen LogP contribution in [0.3, 0.4) is 0 Å². The fraction of sp³-hybridized carbons (Fsp3) is 0.750. The maximum atomic E-state index is 12.0. The van der Waals surface area contributed by atoms with Crippen LogP contribution in [0.5, 0.6) is 0 Å². The van der Waals surface area contributed by atoms with Crippen LogP contribution in [-0.4, -0.2) is 41.5 Å². The van der Waals surface area contributed by atoms with Crippen LogP contribution in [0.25, 0.3) is 0 Å². The molecular formula is C12H21N3O4. The monoisotopic (exact) mass is 271 g/mol. The number of primary amides is 1. The predicted octanol–water partition coefficient (Wildman–Crippen LogP) is -0.791. The molecule has 0 aromatic carbocycles. The maximum Gasteiger partial charge on any atom is 0.326 e. The lowest BCUT2D eigenvalue weighted by atomic mass is 9.93. The second-order valence-corrected chi connectivity index (χ2v) is 5.04. The summed E-state index contributed by atoms with van der Waals surface area (Å²) in [5.74, 6) is -1.63. The van der Waals surface area contributed by atoms with Gasteiger partial charge in [-0.05, 0) is 31.7 Å².